The Morgan fingerprint density at radius 2 is 1.79 bits per heavy atom. The number of amides is 1. The van der Waals surface area contributed by atoms with Gasteiger partial charge in [0.05, 0.1) is 5.69 Å². The van der Waals surface area contributed by atoms with E-state index in [-0.39, 0.29) is 5.91 Å². The first-order valence-corrected chi connectivity index (χ1v) is 9.93. The molecule has 3 aromatic rings. The van der Waals surface area contributed by atoms with Gasteiger partial charge in [-0.25, -0.2) is 0 Å². The Morgan fingerprint density at radius 1 is 1.04 bits per heavy atom. The minimum absolute atomic E-state index is 0.102. The topological polar surface area (TPSA) is 42.0 Å². The van der Waals surface area contributed by atoms with Gasteiger partial charge in [-0.05, 0) is 61.6 Å². The fourth-order valence-corrected chi connectivity index (χ4v) is 3.41. The Hall–Kier alpha value is -2.94. The first kappa shape index (κ1) is 19.8. The molecular weight excluding hydrogens is 344 g/mol. The molecule has 2 aromatic carbocycles. The largest absolute Gasteiger partial charge is 0.322 e. The molecule has 0 spiro atoms. The van der Waals surface area contributed by atoms with Crippen molar-refractivity contribution in [1.29, 1.82) is 0 Å². The highest BCUT2D eigenvalue weighted by atomic mass is 16.1. The van der Waals surface area contributed by atoms with Crippen LogP contribution in [-0.4, -0.2) is 10.9 Å². The van der Waals surface area contributed by atoms with Crippen LogP contribution in [0.3, 0.4) is 0 Å². The third-order valence-electron chi connectivity index (χ3n) is 5.15. The molecular formula is C25H28N2O. The van der Waals surface area contributed by atoms with Crippen molar-refractivity contribution in [2.24, 2.45) is 0 Å². The highest BCUT2D eigenvalue weighted by Gasteiger charge is 2.10. The fraction of sp³-hybridized carbons (Fsp3) is 0.280. The summed E-state index contributed by atoms with van der Waals surface area (Å²) in [5.41, 5.74) is 6.94. The van der Waals surface area contributed by atoms with Gasteiger partial charge in [-0.2, -0.15) is 0 Å². The lowest BCUT2D eigenvalue weighted by Crippen LogP contribution is -2.12. The van der Waals surface area contributed by atoms with E-state index < -0.39 is 0 Å². The van der Waals surface area contributed by atoms with Gasteiger partial charge in [0.15, 0.2) is 0 Å². The molecule has 1 heterocycles. The van der Waals surface area contributed by atoms with Crippen LogP contribution in [0.15, 0.2) is 60.8 Å². The number of hydrogen-bond acceptors (Lipinski definition) is 2. The van der Waals surface area contributed by atoms with Crippen LogP contribution in [0, 0.1) is 13.8 Å². The van der Waals surface area contributed by atoms with E-state index in [9.17, 15) is 4.79 Å². The molecule has 0 fully saturated rings. The molecule has 1 unspecified atom stereocenters. The normalized spacial score (nSPS) is 11.9. The van der Waals surface area contributed by atoms with Gasteiger partial charge in [-0.3, -0.25) is 9.78 Å². The summed E-state index contributed by atoms with van der Waals surface area (Å²) in [6.45, 7) is 8.49. The third-order valence-corrected chi connectivity index (χ3v) is 5.15. The van der Waals surface area contributed by atoms with Crippen molar-refractivity contribution in [3.05, 3.63) is 83.0 Å². The number of aromatic nitrogens is 1. The number of hydrogen-bond donors (Lipinski definition) is 1. The number of benzene rings is 2. The summed E-state index contributed by atoms with van der Waals surface area (Å²) in [4.78, 5) is 17.2. The van der Waals surface area contributed by atoms with Crippen LogP contribution < -0.4 is 5.32 Å². The van der Waals surface area contributed by atoms with E-state index in [1.54, 1.807) is 0 Å². The van der Waals surface area contributed by atoms with Gasteiger partial charge in [-0.1, -0.05) is 56.2 Å². The van der Waals surface area contributed by atoms with Gasteiger partial charge < -0.3 is 5.32 Å². The quantitative estimate of drug-likeness (QED) is 0.535. The second-order valence-electron chi connectivity index (χ2n) is 7.52. The van der Waals surface area contributed by atoms with E-state index in [4.69, 9.17) is 0 Å². The maximum Gasteiger partial charge on any atom is 0.255 e. The van der Waals surface area contributed by atoms with Gasteiger partial charge in [-0.15, -0.1) is 0 Å². The zero-order valence-corrected chi connectivity index (χ0v) is 17.1. The highest BCUT2D eigenvalue weighted by molar-refractivity contribution is 6.04. The summed E-state index contributed by atoms with van der Waals surface area (Å²) in [6.07, 6.45) is 4.32. The predicted octanol–water partition coefficient (Wildman–Crippen LogP) is 6.52. The number of rotatable bonds is 6. The predicted molar refractivity (Wildman–Crippen MR) is 117 cm³/mol. The van der Waals surface area contributed by atoms with E-state index in [2.05, 4.69) is 42.3 Å². The van der Waals surface area contributed by atoms with Gasteiger partial charge >= 0.3 is 0 Å². The third kappa shape index (κ3) is 4.66. The minimum atomic E-state index is -0.102. The molecule has 0 aliphatic carbocycles. The molecule has 1 aromatic heterocycles. The standard InChI is InChI=1S/C25H28N2O/c1-5-6-18(3)22-12-14-24(26-16-22)20-8-10-21(11-9-20)25(28)27-23-13-7-17(2)15-19(23)4/h7-16,18H,5-6H2,1-4H3,(H,27,28). The monoisotopic (exact) mass is 372 g/mol. The van der Waals surface area contributed by atoms with Gasteiger partial charge in [0.25, 0.3) is 5.91 Å². The van der Waals surface area contributed by atoms with Crippen LogP contribution in [-0.2, 0) is 0 Å². The average Bonchev–Trinajstić information content (AvgIpc) is 2.70. The van der Waals surface area contributed by atoms with Crippen molar-refractivity contribution >= 4 is 11.6 Å². The van der Waals surface area contributed by atoms with Crippen LogP contribution in [0.1, 0.15) is 59.7 Å². The van der Waals surface area contributed by atoms with Crippen molar-refractivity contribution in [3.8, 4) is 11.3 Å². The van der Waals surface area contributed by atoms with Crippen molar-refractivity contribution < 1.29 is 4.79 Å². The molecule has 0 saturated carbocycles. The molecule has 0 aliphatic heterocycles. The second-order valence-corrected chi connectivity index (χ2v) is 7.52. The summed E-state index contributed by atoms with van der Waals surface area (Å²) in [5, 5.41) is 2.99. The molecule has 3 nitrogen and oxygen atoms in total. The molecule has 1 amide bonds. The van der Waals surface area contributed by atoms with E-state index in [0.717, 1.165) is 22.5 Å². The van der Waals surface area contributed by atoms with E-state index >= 15 is 0 Å². The molecule has 1 atom stereocenters. The maximum absolute atomic E-state index is 12.6. The molecule has 0 bridgehead atoms. The Bertz CT molecular complexity index is 943. The molecule has 3 heteroatoms. The molecule has 0 saturated heterocycles. The average molecular weight is 373 g/mol. The smallest absolute Gasteiger partial charge is 0.255 e. The molecule has 144 valence electrons. The van der Waals surface area contributed by atoms with Gasteiger partial charge in [0.2, 0.25) is 0 Å². The van der Waals surface area contributed by atoms with Crippen molar-refractivity contribution in [3.63, 3.8) is 0 Å². The molecule has 0 radical (unpaired) electrons. The minimum Gasteiger partial charge on any atom is -0.322 e. The van der Waals surface area contributed by atoms with Crippen LogP contribution in [0.2, 0.25) is 0 Å². The van der Waals surface area contributed by atoms with E-state index in [1.165, 1.54) is 24.0 Å². The van der Waals surface area contributed by atoms with Crippen LogP contribution >= 0.6 is 0 Å². The van der Waals surface area contributed by atoms with Crippen LogP contribution in [0.5, 0.6) is 0 Å². The number of nitrogens with one attached hydrogen (secondary N) is 1. The maximum atomic E-state index is 12.6. The summed E-state index contributed by atoms with van der Waals surface area (Å²) in [7, 11) is 0. The fourth-order valence-electron chi connectivity index (χ4n) is 3.41. The number of aryl methyl sites for hydroxylation is 2. The molecule has 0 aliphatic rings. The van der Waals surface area contributed by atoms with Crippen molar-refractivity contribution in [2.45, 2.75) is 46.5 Å². The zero-order valence-electron chi connectivity index (χ0n) is 17.1. The second kappa shape index (κ2) is 8.83. The summed E-state index contributed by atoms with van der Waals surface area (Å²) < 4.78 is 0. The lowest BCUT2D eigenvalue weighted by Gasteiger charge is -2.11. The lowest BCUT2D eigenvalue weighted by atomic mass is 9.97. The van der Waals surface area contributed by atoms with Crippen molar-refractivity contribution in [1.82, 2.24) is 4.98 Å². The first-order valence-electron chi connectivity index (χ1n) is 9.93. The summed E-state index contributed by atoms with van der Waals surface area (Å²) in [5.74, 6) is 0.429. The number of carbonyl (C=O) groups is 1. The molecule has 28 heavy (non-hydrogen) atoms. The highest BCUT2D eigenvalue weighted by Crippen LogP contribution is 2.24. The first-order chi connectivity index (χ1) is 13.5. The van der Waals surface area contributed by atoms with Gasteiger partial charge in [0.1, 0.15) is 0 Å². The Labute approximate surface area is 167 Å². The van der Waals surface area contributed by atoms with Crippen molar-refractivity contribution in [2.75, 3.05) is 5.32 Å². The van der Waals surface area contributed by atoms with Crippen LogP contribution in [0.4, 0.5) is 5.69 Å². The van der Waals surface area contributed by atoms with Gasteiger partial charge in [0, 0.05) is 23.0 Å². The Morgan fingerprint density at radius 3 is 2.39 bits per heavy atom. The number of nitrogens with zero attached hydrogens (tertiary/aromatic N) is 1. The Kier molecular flexibility index (Phi) is 6.25. The van der Waals surface area contributed by atoms with E-state index in [0.29, 0.717) is 11.5 Å². The zero-order chi connectivity index (χ0) is 20.1. The number of pyridine rings is 1. The number of carbonyl (C=O) groups excluding carboxylic acids is 1. The molecule has 1 N–H and O–H groups in total. The lowest BCUT2D eigenvalue weighted by molar-refractivity contribution is 0.102. The SMILES string of the molecule is CCCC(C)c1ccc(-c2ccc(C(=O)Nc3ccc(C)cc3C)cc2)nc1. The summed E-state index contributed by atoms with van der Waals surface area (Å²) >= 11 is 0. The molecule has 3 rings (SSSR count). The summed E-state index contributed by atoms with van der Waals surface area (Å²) in [6, 6.07) is 17.8. The van der Waals surface area contributed by atoms with Crippen LogP contribution in [0.25, 0.3) is 11.3 Å². The number of anilines is 1. The Balaban J connectivity index is 1.71. The van der Waals surface area contributed by atoms with E-state index in [1.807, 2.05) is 56.4 Å².